The zero-order chi connectivity index (χ0) is 19.0. The molecule has 1 saturated heterocycles. The maximum Gasteiger partial charge on any atom is 0.279 e. The van der Waals surface area contributed by atoms with Crippen molar-refractivity contribution < 1.29 is 18.7 Å². The number of benzene rings is 1. The summed E-state index contributed by atoms with van der Waals surface area (Å²) in [6, 6.07) is 7.04. The Morgan fingerprint density at radius 2 is 2.19 bits per heavy atom. The molecule has 3 aromatic rings. The number of aromatic nitrogens is 1. The predicted molar refractivity (Wildman–Crippen MR) is 102 cm³/mol. The number of hydrogen-bond acceptors (Lipinski definition) is 5. The first-order chi connectivity index (χ1) is 13.0. The second-order valence-corrected chi connectivity index (χ2v) is 7.67. The van der Waals surface area contributed by atoms with Gasteiger partial charge >= 0.3 is 0 Å². The molecule has 1 atom stereocenters. The van der Waals surface area contributed by atoms with E-state index in [1.807, 2.05) is 17.6 Å². The van der Waals surface area contributed by atoms with Crippen LogP contribution in [0.15, 0.2) is 39.9 Å². The van der Waals surface area contributed by atoms with Gasteiger partial charge in [0.1, 0.15) is 5.58 Å². The molecule has 0 radical (unpaired) electrons. The summed E-state index contributed by atoms with van der Waals surface area (Å²) in [6.45, 7) is 4.78. The van der Waals surface area contributed by atoms with E-state index in [1.54, 1.807) is 24.5 Å². The number of rotatable bonds is 4. The third-order valence-electron chi connectivity index (χ3n) is 4.78. The Balaban J connectivity index is 1.74. The molecule has 0 bridgehead atoms. The summed E-state index contributed by atoms with van der Waals surface area (Å²) in [4.78, 5) is 30.2. The number of carbonyl (C=O) groups excluding carboxylic acids is 2. The van der Waals surface area contributed by atoms with Gasteiger partial charge in [-0.15, -0.1) is 0 Å². The lowest BCUT2D eigenvalue weighted by Crippen LogP contribution is -2.25. The molecule has 3 heterocycles. The summed E-state index contributed by atoms with van der Waals surface area (Å²) < 4.78 is 13.0. The van der Waals surface area contributed by atoms with Gasteiger partial charge in [-0.25, -0.2) is 0 Å². The molecule has 0 N–H and O–H groups in total. The van der Waals surface area contributed by atoms with Crippen LogP contribution in [0.2, 0.25) is 0 Å². The van der Waals surface area contributed by atoms with Gasteiger partial charge in [-0.1, -0.05) is 11.3 Å². The van der Waals surface area contributed by atoms with Gasteiger partial charge in [0.15, 0.2) is 10.6 Å². The fourth-order valence-electron chi connectivity index (χ4n) is 3.35. The number of thiazole rings is 1. The molecule has 6 nitrogen and oxygen atoms in total. The monoisotopic (exact) mass is 384 g/mol. The van der Waals surface area contributed by atoms with Crippen LogP contribution >= 0.6 is 11.3 Å². The minimum absolute atomic E-state index is 0.0210. The van der Waals surface area contributed by atoms with Crippen LogP contribution in [0.1, 0.15) is 45.5 Å². The van der Waals surface area contributed by atoms with E-state index in [9.17, 15) is 9.59 Å². The van der Waals surface area contributed by atoms with Crippen molar-refractivity contribution in [2.45, 2.75) is 39.3 Å². The lowest BCUT2D eigenvalue weighted by molar-refractivity contribution is 0.0943. The largest absolute Gasteiger partial charge is 0.464 e. The zero-order valence-electron chi connectivity index (χ0n) is 15.2. The van der Waals surface area contributed by atoms with Crippen LogP contribution in [-0.4, -0.2) is 29.0 Å². The summed E-state index contributed by atoms with van der Waals surface area (Å²) in [7, 11) is 0. The molecule has 140 valence electrons. The molecular weight excluding hydrogens is 364 g/mol. The lowest BCUT2D eigenvalue weighted by atomic mass is 10.1. The van der Waals surface area contributed by atoms with E-state index in [0.29, 0.717) is 21.8 Å². The molecule has 0 saturated carbocycles. The van der Waals surface area contributed by atoms with Crippen LogP contribution in [-0.2, 0) is 11.3 Å². The molecular formula is C20H20N2O4S. The van der Waals surface area contributed by atoms with Crippen molar-refractivity contribution in [3.63, 3.8) is 0 Å². The summed E-state index contributed by atoms with van der Waals surface area (Å²) >= 11 is 1.26. The molecule has 1 aliphatic rings. The van der Waals surface area contributed by atoms with Gasteiger partial charge < -0.3 is 13.7 Å². The molecule has 1 amide bonds. The van der Waals surface area contributed by atoms with E-state index >= 15 is 0 Å². The first-order valence-corrected chi connectivity index (χ1v) is 9.73. The van der Waals surface area contributed by atoms with Crippen LogP contribution < -0.4 is 4.80 Å². The highest BCUT2D eigenvalue weighted by Gasteiger charge is 2.21. The highest BCUT2D eigenvalue weighted by molar-refractivity contribution is 7.11. The van der Waals surface area contributed by atoms with Crippen molar-refractivity contribution in [3.05, 3.63) is 51.5 Å². The molecule has 7 heteroatoms. The Morgan fingerprint density at radius 1 is 1.33 bits per heavy atom. The van der Waals surface area contributed by atoms with Gasteiger partial charge in [-0.2, -0.15) is 4.99 Å². The number of nitrogens with zero attached hydrogens (tertiary/aromatic N) is 2. The summed E-state index contributed by atoms with van der Waals surface area (Å²) in [5, 5.41) is 0.857. The maximum absolute atomic E-state index is 12.7. The van der Waals surface area contributed by atoms with Crippen LogP contribution in [0.25, 0.3) is 11.0 Å². The normalized spacial score (nSPS) is 17.7. The first-order valence-electron chi connectivity index (χ1n) is 8.92. The first kappa shape index (κ1) is 17.9. The number of carbonyl (C=O) groups is 2. The summed E-state index contributed by atoms with van der Waals surface area (Å²) in [5.74, 6) is -0.358. The van der Waals surface area contributed by atoms with Crippen LogP contribution in [0.5, 0.6) is 0 Å². The van der Waals surface area contributed by atoms with E-state index < -0.39 is 0 Å². The Hall–Kier alpha value is -2.51. The SMILES string of the molecule is CC(=O)c1s/c(=N\C(=O)c2ccc3occc3c2)n(C[C@H]2CCCO2)c1C. The van der Waals surface area contributed by atoms with Gasteiger partial charge in [-0.05, 0) is 44.0 Å². The van der Waals surface area contributed by atoms with Gasteiger partial charge in [0.05, 0.1) is 23.8 Å². The topological polar surface area (TPSA) is 73.8 Å². The third kappa shape index (κ3) is 3.52. The Morgan fingerprint density at radius 3 is 2.93 bits per heavy atom. The summed E-state index contributed by atoms with van der Waals surface area (Å²) in [5.41, 5.74) is 2.05. The standard InChI is InChI=1S/C20H20N2O4S/c1-12-18(13(2)23)27-20(22(12)11-16-4-3-8-25-16)21-19(24)15-5-6-17-14(10-15)7-9-26-17/h5-7,9-10,16H,3-4,8,11H2,1-2H3/b21-20-/t16-/m1/s1. The van der Waals surface area contributed by atoms with Crippen LogP contribution in [0, 0.1) is 6.92 Å². The van der Waals surface area contributed by atoms with Crippen molar-refractivity contribution in [3.8, 4) is 0 Å². The molecule has 27 heavy (non-hydrogen) atoms. The van der Waals surface area contributed by atoms with Crippen LogP contribution in [0.3, 0.4) is 0 Å². The van der Waals surface area contributed by atoms with Crippen molar-refractivity contribution in [1.29, 1.82) is 0 Å². The third-order valence-corrected chi connectivity index (χ3v) is 6.07. The van der Waals surface area contributed by atoms with Gasteiger partial charge in [0.25, 0.3) is 5.91 Å². The second-order valence-electron chi connectivity index (χ2n) is 6.69. The number of ketones is 1. The average Bonchev–Trinajstić information content (AvgIpc) is 3.37. The van der Waals surface area contributed by atoms with E-state index in [0.717, 1.165) is 36.1 Å². The average molecular weight is 384 g/mol. The van der Waals surface area contributed by atoms with E-state index in [1.165, 1.54) is 18.3 Å². The van der Waals surface area contributed by atoms with Crippen molar-refractivity contribution >= 4 is 34.0 Å². The smallest absolute Gasteiger partial charge is 0.279 e. The second kappa shape index (κ2) is 7.25. The van der Waals surface area contributed by atoms with Gasteiger partial charge in [-0.3, -0.25) is 9.59 Å². The molecule has 1 aromatic carbocycles. The zero-order valence-corrected chi connectivity index (χ0v) is 16.0. The highest BCUT2D eigenvalue weighted by atomic mass is 32.1. The van der Waals surface area contributed by atoms with E-state index in [-0.39, 0.29) is 17.8 Å². The number of hydrogen-bond donors (Lipinski definition) is 0. The van der Waals surface area contributed by atoms with Crippen molar-refractivity contribution in [2.75, 3.05) is 6.61 Å². The molecule has 4 rings (SSSR count). The molecule has 1 aliphatic heterocycles. The van der Waals surface area contributed by atoms with Gasteiger partial charge in [0.2, 0.25) is 0 Å². The van der Waals surface area contributed by atoms with E-state index in [2.05, 4.69) is 4.99 Å². The molecule has 0 aliphatic carbocycles. The van der Waals surface area contributed by atoms with Crippen molar-refractivity contribution in [1.82, 2.24) is 4.57 Å². The van der Waals surface area contributed by atoms with E-state index in [4.69, 9.17) is 9.15 Å². The quantitative estimate of drug-likeness (QED) is 0.643. The highest BCUT2D eigenvalue weighted by Crippen LogP contribution is 2.20. The fraction of sp³-hybridized carbons (Fsp3) is 0.350. The fourth-order valence-corrected chi connectivity index (χ4v) is 4.39. The number of ether oxygens (including phenoxy) is 1. The van der Waals surface area contributed by atoms with Gasteiger partial charge in [0, 0.05) is 30.2 Å². The number of fused-ring (bicyclic) bond motifs is 1. The Bertz CT molecular complexity index is 1080. The van der Waals surface area contributed by atoms with Crippen molar-refractivity contribution in [2.24, 2.45) is 4.99 Å². The molecule has 0 spiro atoms. The predicted octanol–water partition coefficient (Wildman–Crippen LogP) is 3.73. The molecule has 1 fully saturated rings. The Labute approximate surface area is 160 Å². The number of amides is 1. The molecule has 0 unspecified atom stereocenters. The summed E-state index contributed by atoms with van der Waals surface area (Å²) in [6.07, 6.45) is 3.69. The maximum atomic E-state index is 12.7. The lowest BCUT2D eigenvalue weighted by Gasteiger charge is -2.12. The molecule has 2 aromatic heterocycles. The number of Topliss-reactive ketones (excluding diaryl/α,β-unsaturated/α-hetero) is 1. The minimum atomic E-state index is -0.337. The Kier molecular flexibility index (Phi) is 4.80. The number of furan rings is 1. The van der Waals surface area contributed by atoms with Crippen LogP contribution in [0.4, 0.5) is 0 Å². The minimum Gasteiger partial charge on any atom is -0.464 e.